The fraction of sp³-hybridized carbons (Fsp3) is 0.750. The molecule has 54 valence electrons. The number of nitrogens with zero attached hydrogens (tertiary/aromatic N) is 2. The van der Waals surface area contributed by atoms with Gasteiger partial charge in [0.05, 0.1) is 0 Å². The van der Waals surface area contributed by atoms with Crippen LogP contribution in [0.15, 0.2) is 0 Å². The number of rotatable bonds is 3. The van der Waals surface area contributed by atoms with Gasteiger partial charge < -0.3 is 9.69 Å². The van der Waals surface area contributed by atoms with Gasteiger partial charge in [0.1, 0.15) is 0 Å². The van der Waals surface area contributed by atoms with Crippen LogP contribution < -0.4 is 0 Å². The first-order valence-electron chi connectivity index (χ1n) is 3.38. The first kappa shape index (κ1) is 8.98. The molecule has 10 heavy (non-hydrogen) atoms. The topological polar surface area (TPSA) is 8.72 Å². The van der Waals surface area contributed by atoms with E-state index in [0.717, 1.165) is 0 Å². The lowest BCUT2D eigenvalue weighted by Crippen LogP contribution is -2.12. The summed E-state index contributed by atoms with van der Waals surface area (Å²) in [6.45, 7) is 18.4. The molecule has 0 aromatic carbocycles. The largest absolute Gasteiger partial charge is 0.317 e. The van der Waals surface area contributed by atoms with Crippen molar-refractivity contribution in [3.63, 3.8) is 0 Å². The van der Waals surface area contributed by atoms with Gasteiger partial charge in [0, 0.05) is 11.8 Å². The summed E-state index contributed by atoms with van der Waals surface area (Å²) < 4.78 is 0. The van der Waals surface area contributed by atoms with E-state index in [0.29, 0.717) is 24.9 Å². The average molecular weight is 136 g/mol. The van der Waals surface area contributed by atoms with Gasteiger partial charge >= 0.3 is 0 Å². The van der Waals surface area contributed by atoms with Crippen molar-refractivity contribution in [2.45, 2.75) is 13.8 Å². The summed E-state index contributed by atoms with van der Waals surface area (Å²) >= 11 is 0. The summed E-state index contributed by atoms with van der Waals surface area (Å²) in [5.74, 6) is 0.734. The molecule has 0 saturated heterocycles. The van der Waals surface area contributed by atoms with E-state index >= 15 is 0 Å². The molecule has 0 amide bonds. The van der Waals surface area contributed by atoms with Crippen molar-refractivity contribution in [3.8, 4) is 0 Å². The zero-order chi connectivity index (χ0) is 7.98. The molecule has 2 heteroatoms. The van der Waals surface area contributed by atoms with E-state index in [1.165, 1.54) is 0 Å². The lowest BCUT2D eigenvalue weighted by Gasteiger charge is -2.07. The SMILES string of the molecule is [C-]#[N+]CC(C)C(C)C[N+]#[C-]. The van der Waals surface area contributed by atoms with Crippen LogP contribution in [0.3, 0.4) is 0 Å². The summed E-state index contributed by atoms with van der Waals surface area (Å²) in [5, 5.41) is 0. The molecule has 0 aromatic rings. The van der Waals surface area contributed by atoms with Crippen LogP contribution in [0.2, 0.25) is 0 Å². The normalized spacial score (nSPS) is 14.8. The van der Waals surface area contributed by atoms with E-state index in [9.17, 15) is 0 Å². The van der Waals surface area contributed by atoms with Crippen molar-refractivity contribution >= 4 is 0 Å². The second-order valence-electron chi connectivity index (χ2n) is 2.64. The molecule has 0 fully saturated rings. The van der Waals surface area contributed by atoms with Crippen LogP contribution in [0.1, 0.15) is 13.8 Å². The zero-order valence-corrected chi connectivity index (χ0v) is 6.46. The third-order valence-electron chi connectivity index (χ3n) is 1.73. The molecule has 0 aliphatic carbocycles. The van der Waals surface area contributed by atoms with Crippen LogP contribution in [0.5, 0.6) is 0 Å². The van der Waals surface area contributed by atoms with Crippen molar-refractivity contribution in [1.29, 1.82) is 0 Å². The van der Waals surface area contributed by atoms with Gasteiger partial charge in [-0.1, -0.05) is 13.8 Å². The fourth-order valence-electron chi connectivity index (χ4n) is 0.648. The smallest absolute Gasteiger partial charge is 0.217 e. The van der Waals surface area contributed by atoms with E-state index in [4.69, 9.17) is 13.1 Å². The fourth-order valence-corrected chi connectivity index (χ4v) is 0.648. The van der Waals surface area contributed by atoms with Gasteiger partial charge in [-0.15, -0.1) is 0 Å². The van der Waals surface area contributed by atoms with Crippen molar-refractivity contribution in [2.75, 3.05) is 13.1 Å². The second kappa shape index (κ2) is 4.82. The molecule has 0 saturated carbocycles. The predicted molar refractivity (Wildman–Crippen MR) is 41.3 cm³/mol. The minimum Gasteiger partial charge on any atom is -0.317 e. The molecule has 0 aliphatic heterocycles. The predicted octanol–water partition coefficient (Wildman–Crippen LogP) is 2.10. The van der Waals surface area contributed by atoms with Gasteiger partial charge in [-0.3, -0.25) is 0 Å². The monoisotopic (exact) mass is 136 g/mol. The van der Waals surface area contributed by atoms with Crippen LogP contribution in [0.25, 0.3) is 9.69 Å². The minimum atomic E-state index is 0.367. The molecule has 2 nitrogen and oxygen atoms in total. The lowest BCUT2D eigenvalue weighted by molar-refractivity contribution is 0.439. The third-order valence-corrected chi connectivity index (χ3v) is 1.73. The van der Waals surface area contributed by atoms with Gasteiger partial charge in [0.25, 0.3) is 0 Å². The number of hydrogen-bond donors (Lipinski definition) is 0. The Labute approximate surface area is 62.5 Å². The summed E-state index contributed by atoms with van der Waals surface area (Å²) in [4.78, 5) is 6.57. The van der Waals surface area contributed by atoms with Crippen molar-refractivity contribution in [2.24, 2.45) is 11.8 Å². The first-order valence-corrected chi connectivity index (χ1v) is 3.38. The first-order chi connectivity index (χ1) is 4.72. The molecule has 0 N–H and O–H groups in total. The highest BCUT2D eigenvalue weighted by molar-refractivity contribution is 4.76. The van der Waals surface area contributed by atoms with Crippen molar-refractivity contribution in [1.82, 2.24) is 0 Å². The molecule has 0 heterocycles. The second-order valence-corrected chi connectivity index (χ2v) is 2.64. The summed E-state index contributed by atoms with van der Waals surface area (Å²) in [5.41, 5.74) is 0. The molecule has 0 radical (unpaired) electrons. The zero-order valence-electron chi connectivity index (χ0n) is 6.46. The molecule has 0 aliphatic rings. The summed E-state index contributed by atoms with van der Waals surface area (Å²) in [7, 11) is 0. The Morgan fingerprint density at radius 1 is 1.00 bits per heavy atom. The molecule has 2 unspecified atom stereocenters. The third kappa shape index (κ3) is 3.10. The Morgan fingerprint density at radius 2 is 1.30 bits per heavy atom. The maximum absolute atomic E-state index is 6.61. The van der Waals surface area contributed by atoms with Crippen LogP contribution >= 0.6 is 0 Å². The van der Waals surface area contributed by atoms with Crippen LogP contribution in [0.4, 0.5) is 0 Å². The van der Waals surface area contributed by atoms with Gasteiger partial charge in [-0.25, -0.2) is 13.1 Å². The molecule has 2 atom stereocenters. The Morgan fingerprint density at radius 3 is 1.50 bits per heavy atom. The van der Waals surface area contributed by atoms with Gasteiger partial charge in [0.15, 0.2) is 0 Å². The molecule has 0 bridgehead atoms. The minimum absolute atomic E-state index is 0.367. The molecule has 0 aromatic heterocycles. The van der Waals surface area contributed by atoms with Gasteiger partial charge in [0.2, 0.25) is 13.1 Å². The molecule has 0 rings (SSSR count). The Balaban J connectivity index is 3.63. The van der Waals surface area contributed by atoms with Crippen LogP contribution in [-0.2, 0) is 0 Å². The quantitative estimate of drug-likeness (QED) is 0.525. The van der Waals surface area contributed by atoms with E-state index in [2.05, 4.69) is 9.69 Å². The van der Waals surface area contributed by atoms with E-state index in [1.807, 2.05) is 13.8 Å². The Hall–Kier alpha value is -1.02. The maximum atomic E-state index is 6.61. The van der Waals surface area contributed by atoms with E-state index < -0.39 is 0 Å². The number of hydrogen-bond acceptors (Lipinski definition) is 0. The highest BCUT2D eigenvalue weighted by atomic mass is 14.7. The highest BCUT2D eigenvalue weighted by Crippen LogP contribution is 2.10. The maximum Gasteiger partial charge on any atom is 0.217 e. The molecular weight excluding hydrogens is 124 g/mol. The highest BCUT2D eigenvalue weighted by Gasteiger charge is 2.16. The van der Waals surface area contributed by atoms with E-state index in [1.54, 1.807) is 0 Å². The van der Waals surface area contributed by atoms with Crippen molar-refractivity contribution < 1.29 is 0 Å². The van der Waals surface area contributed by atoms with Crippen LogP contribution in [-0.4, -0.2) is 13.1 Å². The van der Waals surface area contributed by atoms with E-state index in [-0.39, 0.29) is 0 Å². The Kier molecular flexibility index (Phi) is 4.33. The lowest BCUT2D eigenvalue weighted by atomic mass is 9.96. The standard InChI is InChI=1S/C8H12N2/c1-7(5-9-3)8(2)6-10-4/h7-8H,5-6H2,1-2H3. The van der Waals surface area contributed by atoms with Crippen molar-refractivity contribution in [3.05, 3.63) is 22.8 Å². The summed E-state index contributed by atoms with van der Waals surface area (Å²) in [6.07, 6.45) is 0. The molecule has 0 spiro atoms. The Bertz CT molecular complexity index is 141. The van der Waals surface area contributed by atoms with Gasteiger partial charge in [-0.2, -0.15) is 0 Å². The molecular formula is C8H12N2. The average Bonchev–Trinajstić information content (AvgIpc) is 1.89. The van der Waals surface area contributed by atoms with Crippen LogP contribution in [0, 0.1) is 25.0 Å². The van der Waals surface area contributed by atoms with Gasteiger partial charge in [-0.05, 0) is 0 Å². The summed E-state index contributed by atoms with van der Waals surface area (Å²) in [6, 6.07) is 0.